The van der Waals surface area contributed by atoms with Crippen molar-refractivity contribution in [1.82, 2.24) is 4.72 Å². The first-order valence-electron chi connectivity index (χ1n) is 10.2. The van der Waals surface area contributed by atoms with E-state index in [9.17, 15) is 13.2 Å². The second-order valence-corrected chi connectivity index (χ2v) is 11.2. The Balaban J connectivity index is 1.60. The molecule has 4 saturated heterocycles. The van der Waals surface area contributed by atoms with Crippen LogP contribution in [0.2, 0.25) is 0 Å². The first-order chi connectivity index (χ1) is 13.5. The number of carbonyl (C=O) groups is 1. The van der Waals surface area contributed by atoms with E-state index in [1.54, 1.807) is 4.90 Å². The molecule has 0 unspecified atom stereocenters. The van der Waals surface area contributed by atoms with Crippen LogP contribution < -0.4 is 9.62 Å². The lowest BCUT2D eigenvalue weighted by Gasteiger charge is -2.45. The number of nitrogens with zero attached hydrogens (tertiary/aromatic N) is 1. The van der Waals surface area contributed by atoms with Gasteiger partial charge < -0.3 is 9.47 Å². The molecule has 158 valence electrons. The van der Waals surface area contributed by atoms with Gasteiger partial charge >= 0.3 is 0 Å². The summed E-state index contributed by atoms with van der Waals surface area (Å²) in [4.78, 5) is 15.4. The van der Waals surface area contributed by atoms with Crippen molar-refractivity contribution in [3.8, 4) is 0 Å². The summed E-state index contributed by atoms with van der Waals surface area (Å²) in [5, 5.41) is 0. The maximum atomic E-state index is 13.6. The summed E-state index contributed by atoms with van der Waals surface area (Å²) in [5.74, 6) is -0.497. The summed E-state index contributed by atoms with van der Waals surface area (Å²) < 4.78 is 39.4. The van der Waals surface area contributed by atoms with Crippen LogP contribution in [0.3, 0.4) is 0 Å². The zero-order chi connectivity index (χ0) is 20.9. The molecule has 0 aromatic heterocycles. The first kappa shape index (κ1) is 19.5. The molecule has 4 aliphatic heterocycles. The molecule has 1 aromatic rings. The first-order valence-corrected chi connectivity index (χ1v) is 12.1. The summed E-state index contributed by atoms with van der Waals surface area (Å²) in [6, 6.07) is 3.75. The molecule has 0 aliphatic carbocycles. The summed E-state index contributed by atoms with van der Waals surface area (Å²) >= 11 is 0. The third-order valence-electron chi connectivity index (χ3n) is 7.60. The molecule has 0 radical (unpaired) electrons. The van der Waals surface area contributed by atoms with Gasteiger partial charge in [0.05, 0.1) is 36.0 Å². The Morgan fingerprint density at radius 2 is 1.86 bits per heavy atom. The van der Waals surface area contributed by atoms with Gasteiger partial charge in [0.1, 0.15) is 6.23 Å². The van der Waals surface area contributed by atoms with Gasteiger partial charge in [-0.2, -0.15) is 0 Å². The Labute approximate surface area is 171 Å². The van der Waals surface area contributed by atoms with Gasteiger partial charge in [-0.3, -0.25) is 9.69 Å². The van der Waals surface area contributed by atoms with Crippen LogP contribution in [0, 0.1) is 32.6 Å². The van der Waals surface area contributed by atoms with Crippen molar-refractivity contribution in [2.45, 2.75) is 64.0 Å². The molecule has 5 rings (SSSR count). The normalized spacial score (nSPS) is 40.6. The van der Waals surface area contributed by atoms with Crippen LogP contribution in [0.25, 0.3) is 0 Å². The van der Waals surface area contributed by atoms with E-state index in [-0.39, 0.29) is 23.8 Å². The number of aryl methyl sites for hydroxylation is 2. The fourth-order valence-corrected chi connectivity index (χ4v) is 7.07. The minimum Gasteiger partial charge on any atom is -0.366 e. The van der Waals surface area contributed by atoms with E-state index in [1.165, 1.54) is 11.8 Å². The van der Waals surface area contributed by atoms with Crippen LogP contribution in [0.1, 0.15) is 36.5 Å². The molecule has 7 nitrogen and oxygen atoms in total. The Bertz CT molecular complexity index is 1000. The van der Waals surface area contributed by atoms with Crippen molar-refractivity contribution < 1.29 is 22.7 Å². The lowest BCUT2D eigenvalue weighted by atomic mass is 9.64. The summed E-state index contributed by atoms with van der Waals surface area (Å²) in [6.07, 6.45) is 1.82. The van der Waals surface area contributed by atoms with Gasteiger partial charge in [-0.05, 0) is 62.9 Å². The second kappa shape index (κ2) is 5.81. The van der Waals surface area contributed by atoms with Crippen molar-refractivity contribution in [2.24, 2.45) is 11.8 Å². The van der Waals surface area contributed by atoms with E-state index >= 15 is 0 Å². The molecule has 0 saturated carbocycles. The number of ether oxygens (including phenoxy) is 2. The monoisotopic (exact) mass is 420 g/mol. The fraction of sp³-hybridized carbons (Fsp3) is 0.667. The zero-order valence-electron chi connectivity index (χ0n) is 17.5. The van der Waals surface area contributed by atoms with E-state index in [1.807, 2.05) is 19.1 Å². The molecule has 1 spiro atoms. The number of hydrogen-bond donors (Lipinski definition) is 1. The zero-order valence-corrected chi connectivity index (χ0v) is 18.3. The molecule has 2 bridgehead atoms. The van der Waals surface area contributed by atoms with Crippen molar-refractivity contribution in [1.29, 1.82) is 0 Å². The summed E-state index contributed by atoms with van der Waals surface area (Å²) in [7, 11) is -3.39. The minimum atomic E-state index is -3.39. The number of hydrogen-bond acceptors (Lipinski definition) is 5. The largest absolute Gasteiger partial charge is 0.366 e. The molecule has 8 heteroatoms. The number of fused-ring (bicyclic) bond motifs is 2. The third kappa shape index (κ3) is 2.52. The van der Waals surface area contributed by atoms with Crippen molar-refractivity contribution in [2.75, 3.05) is 17.8 Å². The number of amides is 1. The van der Waals surface area contributed by atoms with E-state index in [0.717, 1.165) is 16.8 Å². The smallest absolute Gasteiger partial charge is 0.235 e. The Morgan fingerprint density at radius 3 is 2.48 bits per heavy atom. The Hall–Kier alpha value is -1.48. The lowest BCUT2D eigenvalue weighted by Crippen LogP contribution is -2.61. The van der Waals surface area contributed by atoms with Crippen LogP contribution >= 0.6 is 0 Å². The molecule has 1 N–H and O–H groups in total. The SMILES string of the molecule is Cc1cc(N2C(=O)[C@H]3[C@H]4[C@@H]2OCC[C@@]42O[C@]3(C)C[C@H]2NS(C)(=O)=O)cc(C)c1C. The highest BCUT2D eigenvalue weighted by atomic mass is 32.2. The summed E-state index contributed by atoms with van der Waals surface area (Å²) in [5.41, 5.74) is 2.94. The average Bonchev–Trinajstić information content (AvgIpc) is 3.15. The van der Waals surface area contributed by atoms with Gasteiger partial charge in [0, 0.05) is 18.0 Å². The molecule has 1 amide bonds. The molecule has 6 atom stereocenters. The number of nitrogens with one attached hydrogen (secondary N) is 1. The quantitative estimate of drug-likeness (QED) is 0.806. The van der Waals surface area contributed by atoms with Gasteiger partial charge in [0.15, 0.2) is 0 Å². The van der Waals surface area contributed by atoms with Crippen LogP contribution in [0.5, 0.6) is 0 Å². The van der Waals surface area contributed by atoms with Gasteiger partial charge in [0.25, 0.3) is 0 Å². The number of anilines is 1. The van der Waals surface area contributed by atoms with Gasteiger partial charge in [-0.25, -0.2) is 13.1 Å². The van der Waals surface area contributed by atoms with E-state index in [0.29, 0.717) is 19.4 Å². The second-order valence-electron chi connectivity index (χ2n) is 9.44. The highest BCUT2D eigenvalue weighted by Crippen LogP contribution is 2.65. The van der Waals surface area contributed by atoms with Crippen LogP contribution in [-0.2, 0) is 24.3 Å². The maximum Gasteiger partial charge on any atom is 0.235 e. The maximum absolute atomic E-state index is 13.6. The molecule has 4 aliphatic rings. The summed E-state index contributed by atoms with van der Waals surface area (Å²) in [6.45, 7) is 8.57. The van der Waals surface area contributed by atoms with Crippen molar-refractivity contribution >= 4 is 21.6 Å². The highest BCUT2D eigenvalue weighted by molar-refractivity contribution is 7.88. The van der Waals surface area contributed by atoms with Gasteiger partial charge in [-0.1, -0.05) is 0 Å². The molecular weight excluding hydrogens is 392 g/mol. The number of sulfonamides is 1. The lowest BCUT2D eigenvalue weighted by molar-refractivity contribution is -0.143. The van der Waals surface area contributed by atoms with E-state index < -0.39 is 27.5 Å². The number of benzene rings is 1. The fourth-order valence-electron chi connectivity index (χ4n) is 6.27. The van der Waals surface area contributed by atoms with Gasteiger partial charge in [-0.15, -0.1) is 0 Å². The highest BCUT2D eigenvalue weighted by Gasteiger charge is 2.78. The predicted molar refractivity (Wildman–Crippen MR) is 108 cm³/mol. The van der Waals surface area contributed by atoms with Crippen LogP contribution in [-0.4, -0.2) is 50.7 Å². The molecule has 1 aromatic carbocycles. The minimum absolute atomic E-state index is 0.0201. The molecular formula is C21H28N2O5S. The molecule has 4 fully saturated rings. The van der Waals surface area contributed by atoms with E-state index in [2.05, 4.69) is 25.5 Å². The molecule has 4 heterocycles. The topological polar surface area (TPSA) is 84.9 Å². The Morgan fingerprint density at radius 1 is 1.21 bits per heavy atom. The standard InChI is InChI=1S/C21H28N2O5S/c1-11-8-14(9-12(2)13(11)3)23-18(24)16-17-19(23)27-7-6-21(17)15(22-29(5,25)26)10-20(16,4)28-21/h8-9,15-17,19,22H,6-7,10H2,1-5H3/t15-,16-,17+,19+,20-,21+/m1/s1. The van der Waals surface area contributed by atoms with Crippen molar-refractivity contribution in [3.63, 3.8) is 0 Å². The third-order valence-corrected chi connectivity index (χ3v) is 8.31. The van der Waals surface area contributed by atoms with E-state index in [4.69, 9.17) is 9.47 Å². The number of rotatable bonds is 3. The predicted octanol–water partition coefficient (Wildman–Crippen LogP) is 1.79. The van der Waals surface area contributed by atoms with Crippen molar-refractivity contribution in [3.05, 3.63) is 28.8 Å². The molecule has 29 heavy (non-hydrogen) atoms. The van der Waals surface area contributed by atoms with Crippen LogP contribution in [0.15, 0.2) is 12.1 Å². The Kier molecular flexibility index (Phi) is 3.90. The average molecular weight is 421 g/mol. The number of carbonyl (C=O) groups excluding carboxylic acids is 1. The van der Waals surface area contributed by atoms with Gasteiger partial charge in [0.2, 0.25) is 15.9 Å². The van der Waals surface area contributed by atoms with Crippen LogP contribution in [0.4, 0.5) is 5.69 Å².